The van der Waals surface area contributed by atoms with E-state index in [4.69, 9.17) is 5.11 Å². The summed E-state index contributed by atoms with van der Waals surface area (Å²) in [4.78, 5) is 14.1. The average molecular weight is 199 g/mol. The molecule has 1 aromatic heterocycles. The Hall–Kier alpha value is -1.49. The first-order valence-electron chi connectivity index (χ1n) is 3.97. The number of aliphatic hydroxyl groups is 1. The molecule has 0 saturated heterocycles. The van der Waals surface area contributed by atoms with Crippen molar-refractivity contribution >= 4 is 5.97 Å². The van der Waals surface area contributed by atoms with Crippen LogP contribution in [0.2, 0.25) is 0 Å². The number of halogens is 1. The molecule has 0 amide bonds. The van der Waals surface area contributed by atoms with Gasteiger partial charge in [-0.1, -0.05) is 0 Å². The van der Waals surface area contributed by atoms with Gasteiger partial charge in [0, 0.05) is 12.6 Å². The van der Waals surface area contributed by atoms with Crippen LogP contribution in [0.5, 0.6) is 0 Å². The summed E-state index contributed by atoms with van der Waals surface area (Å²) in [6, 6.07) is 1.14. The van der Waals surface area contributed by atoms with Crippen LogP contribution in [0, 0.1) is 5.82 Å². The Kier molecular flexibility index (Phi) is 2.81. The van der Waals surface area contributed by atoms with E-state index in [9.17, 15) is 14.3 Å². The normalized spacial score (nSPS) is 14.8. The third-order valence-corrected chi connectivity index (χ3v) is 1.77. The Labute approximate surface area is 80.0 Å². The Balaban J connectivity index is 2.83. The van der Waals surface area contributed by atoms with Crippen molar-refractivity contribution in [1.82, 2.24) is 4.98 Å². The maximum absolute atomic E-state index is 12.7. The van der Waals surface area contributed by atoms with E-state index < -0.39 is 17.4 Å². The summed E-state index contributed by atoms with van der Waals surface area (Å²) >= 11 is 0. The van der Waals surface area contributed by atoms with Gasteiger partial charge in [0.1, 0.15) is 5.82 Å². The van der Waals surface area contributed by atoms with E-state index in [1.54, 1.807) is 0 Å². The highest BCUT2D eigenvalue weighted by atomic mass is 19.1. The predicted molar refractivity (Wildman–Crippen MR) is 46.2 cm³/mol. The maximum atomic E-state index is 12.7. The van der Waals surface area contributed by atoms with Crippen molar-refractivity contribution in [3.8, 4) is 0 Å². The second-order valence-corrected chi connectivity index (χ2v) is 3.27. The van der Waals surface area contributed by atoms with Gasteiger partial charge in [-0.25, -0.2) is 9.18 Å². The number of rotatable bonds is 3. The first kappa shape index (κ1) is 10.6. The lowest BCUT2D eigenvalue weighted by atomic mass is 9.98. The quantitative estimate of drug-likeness (QED) is 0.747. The predicted octanol–water partition coefficient (Wildman–Crippen LogP) is 0.599. The van der Waals surface area contributed by atoms with Crippen LogP contribution in [-0.4, -0.2) is 26.8 Å². The molecule has 1 aromatic rings. The first-order chi connectivity index (χ1) is 6.42. The van der Waals surface area contributed by atoms with Gasteiger partial charge in [-0.05, 0) is 18.6 Å². The van der Waals surface area contributed by atoms with Crippen LogP contribution in [0.25, 0.3) is 0 Å². The number of carboxylic acids is 1. The largest absolute Gasteiger partial charge is 0.479 e. The number of pyridine rings is 1. The molecule has 0 aliphatic heterocycles. The molecule has 5 heteroatoms. The number of nitrogens with zero attached hydrogens (tertiary/aromatic N) is 1. The number of aromatic nitrogens is 1. The highest BCUT2D eigenvalue weighted by Crippen LogP contribution is 2.13. The minimum Gasteiger partial charge on any atom is -0.479 e. The van der Waals surface area contributed by atoms with Crippen LogP contribution in [0.15, 0.2) is 18.5 Å². The van der Waals surface area contributed by atoms with Gasteiger partial charge in [-0.3, -0.25) is 4.98 Å². The molecule has 2 N–H and O–H groups in total. The lowest BCUT2D eigenvalue weighted by Gasteiger charge is -2.17. The van der Waals surface area contributed by atoms with Gasteiger partial charge in [0.25, 0.3) is 0 Å². The number of aliphatic carboxylic acids is 1. The second-order valence-electron chi connectivity index (χ2n) is 3.27. The zero-order chi connectivity index (χ0) is 10.8. The number of carbonyl (C=O) groups is 1. The molecule has 0 aliphatic carbocycles. The van der Waals surface area contributed by atoms with E-state index in [1.807, 2.05) is 0 Å². The molecule has 0 fully saturated rings. The molecule has 1 unspecified atom stereocenters. The van der Waals surface area contributed by atoms with E-state index in [0.29, 0.717) is 5.56 Å². The number of hydrogen-bond acceptors (Lipinski definition) is 3. The topological polar surface area (TPSA) is 70.4 Å². The van der Waals surface area contributed by atoms with Gasteiger partial charge in [0.05, 0.1) is 6.20 Å². The molecule has 1 heterocycles. The van der Waals surface area contributed by atoms with Crippen molar-refractivity contribution in [2.45, 2.75) is 18.9 Å². The third-order valence-electron chi connectivity index (χ3n) is 1.77. The van der Waals surface area contributed by atoms with Gasteiger partial charge < -0.3 is 10.2 Å². The molecule has 4 nitrogen and oxygen atoms in total. The summed E-state index contributed by atoms with van der Waals surface area (Å²) in [6.07, 6.45) is 2.16. The molecule has 0 saturated carbocycles. The zero-order valence-corrected chi connectivity index (χ0v) is 7.57. The number of carboxylic acid groups (broad SMARTS) is 1. The lowest BCUT2D eigenvalue weighted by Crippen LogP contribution is -2.37. The molecule has 0 aromatic carbocycles. The van der Waals surface area contributed by atoms with E-state index in [-0.39, 0.29) is 6.42 Å². The molecule has 0 aliphatic rings. The maximum Gasteiger partial charge on any atom is 0.335 e. The van der Waals surface area contributed by atoms with Gasteiger partial charge in [0.15, 0.2) is 5.60 Å². The minimum atomic E-state index is -1.89. The number of hydrogen-bond donors (Lipinski definition) is 2. The van der Waals surface area contributed by atoms with Crippen molar-refractivity contribution in [2.24, 2.45) is 0 Å². The van der Waals surface area contributed by atoms with Gasteiger partial charge >= 0.3 is 5.97 Å². The Morgan fingerprint density at radius 2 is 2.29 bits per heavy atom. The van der Waals surface area contributed by atoms with Crippen molar-refractivity contribution in [1.29, 1.82) is 0 Å². The van der Waals surface area contributed by atoms with Crippen LogP contribution < -0.4 is 0 Å². The third kappa shape index (κ3) is 2.50. The van der Waals surface area contributed by atoms with E-state index in [0.717, 1.165) is 19.2 Å². The summed E-state index contributed by atoms with van der Waals surface area (Å²) in [5.74, 6) is -1.90. The van der Waals surface area contributed by atoms with Crippen molar-refractivity contribution < 1.29 is 19.4 Å². The standard InChI is InChI=1S/C9H10FNO3/c1-9(14,8(12)13)3-6-2-7(10)5-11-4-6/h2,4-5,14H,3H2,1H3,(H,12,13). The summed E-state index contributed by atoms with van der Waals surface area (Å²) in [7, 11) is 0. The highest BCUT2D eigenvalue weighted by molar-refractivity contribution is 5.76. The van der Waals surface area contributed by atoms with Gasteiger partial charge in [0.2, 0.25) is 0 Å². The van der Waals surface area contributed by atoms with Crippen LogP contribution in [0.3, 0.4) is 0 Å². The molecule has 1 atom stereocenters. The molecule has 0 spiro atoms. The molecule has 14 heavy (non-hydrogen) atoms. The fourth-order valence-corrected chi connectivity index (χ4v) is 1.03. The van der Waals surface area contributed by atoms with Crippen molar-refractivity contribution in [3.63, 3.8) is 0 Å². The summed E-state index contributed by atoms with van der Waals surface area (Å²) < 4.78 is 12.7. The van der Waals surface area contributed by atoms with Crippen LogP contribution in [0.4, 0.5) is 4.39 Å². The molecule has 0 radical (unpaired) electrons. The van der Waals surface area contributed by atoms with Crippen LogP contribution in [0.1, 0.15) is 12.5 Å². The highest BCUT2D eigenvalue weighted by Gasteiger charge is 2.30. The molecular weight excluding hydrogens is 189 g/mol. The summed E-state index contributed by atoms with van der Waals surface area (Å²) in [6.45, 7) is 1.15. The average Bonchev–Trinajstić information content (AvgIpc) is 2.02. The van der Waals surface area contributed by atoms with Crippen LogP contribution >= 0.6 is 0 Å². The fraction of sp³-hybridized carbons (Fsp3) is 0.333. The second kappa shape index (κ2) is 3.71. The van der Waals surface area contributed by atoms with Crippen molar-refractivity contribution in [3.05, 3.63) is 29.8 Å². The summed E-state index contributed by atoms with van der Waals surface area (Å²) in [5.41, 5.74) is -1.55. The first-order valence-corrected chi connectivity index (χ1v) is 3.97. The van der Waals surface area contributed by atoms with Crippen LogP contribution in [-0.2, 0) is 11.2 Å². The van der Waals surface area contributed by atoms with Gasteiger partial charge in [-0.2, -0.15) is 0 Å². The van der Waals surface area contributed by atoms with E-state index in [1.165, 1.54) is 6.20 Å². The Bertz CT molecular complexity index is 352. The smallest absolute Gasteiger partial charge is 0.335 e. The molecule has 1 rings (SSSR count). The fourth-order valence-electron chi connectivity index (χ4n) is 1.03. The Morgan fingerprint density at radius 3 is 2.79 bits per heavy atom. The lowest BCUT2D eigenvalue weighted by molar-refractivity contribution is -0.156. The Morgan fingerprint density at radius 1 is 1.64 bits per heavy atom. The summed E-state index contributed by atoms with van der Waals surface area (Å²) in [5, 5.41) is 18.0. The molecular formula is C9H10FNO3. The van der Waals surface area contributed by atoms with Crippen molar-refractivity contribution in [2.75, 3.05) is 0 Å². The zero-order valence-electron chi connectivity index (χ0n) is 7.57. The molecule has 0 bridgehead atoms. The SMILES string of the molecule is CC(O)(Cc1cncc(F)c1)C(=O)O. The monoisotopic (exact) mass is 199 g/mol. The minimum absolute atomic E-state index is 0.174. The van der Waals surface area contributed by atoms with E-state index >= 15 is 0 Å². The van der Waals surface area contributed by atoms with E-state index in [2.05, 4.69) is 4.98 Å². The van der Waals surface area contributed by atoms with Gasteiger partial charge in [-0.15, -0.1) is 0 Å². The molecule has 76 valence electrons.